The van der Waals surface area contributed by atoms with Crippen molar-refractivity contribution in [1.82, 2.24) is 4.90 Å². The highest BCUT2D eigenvalue weighted by atomic mass is 16.7. The molecular formula is C29H33NO11. The van der Waals surface area contributed by atoms with E-state index in [1.165, 1.54) is 4.90 Å². The fourth-order valence-electron chi connectivity index (χ4n) is 6.22. The lowest BCUT2D eigenvalue weighted by atomic mass is 9.92. The summed E-state index contributed by atoms with van der Waals surface area (Å²) in [5.41, 5.74) is 1.61. The van der Waals surface area contributed by atoms with E-state index in [2.05, 4.69) is 0 Å². The third-order valence-corrected chi connectivity index (χ3v) is 8.36. The number of aliphatic hydroxyl groups excluding tert-OH is 3. The second-order valence-electron chi connectivity index (χ2n) is 11.0. The van der Waals surface area contributed by atoms with Crippen molar-refractivity contribution in [1.29, 1.82) is 0 Å². The normalized spacial score (nSPS) is 42.4. The first-order valence-electron chi connectivity index (χ1n) is 13.9. The summed E-state index contributed by atoms with van der Waals surface area (Å²) in [7, 11) is 0. The quantitative estimate of drug-likeness (QED) is 0.476. The maximum absolute atomic E-state index is 13.0. The lowest BCUT2D eigenvalue weighted by Crippen LogP contribution is -2.69. The summed E-state index contributed by atoms with van der Waals surface area (Å²) in [6.45, 7) is 0.359. The monoisotopic (exact) mass is 571 g/mol. The first kappa shape index (κ1) is 27.2. The predicted molar refractivity (Wildman–Crippen MR) is 137 cm³/mol. The van der Waals surface area contributed by atoms with E-state index in [0.29, 0.717) is 0 Å². The van der Waals surface area contributed by atoms with E-state index in [1.807, 2.05) is 60.7 Å². The Morgan fingerprint density at radius 3 is 1.83 bits per heavy atom. The van der Waals surface area contributed by atoms with Gasteiger partial charge in [0.2, 0.25) is 0 Å². The van der Waals surface area contributed by atoms with E-state index < -0.39 is 79.7 Å². The van der Waals surface area contributed by atoms with Gasteiger partial charge in [-0.1, -0.05) is 60.7 Å². The molecule has 41 heavy (non-hydrogen) atoms. The Labute approximate surface area is 236 Å². The summed E-state index contributed by atoms with van der Waals surface area (Å²) in [5.74, 6) is 0. The van der Waals surface area contributed by atoms with Crippen LogP contribution in [0.2, 0.25) is 0 Å². The molecule has 2 aromatic rings. The van der Waals surface area contributed by atoms with Crippen LogP contribution in [-0.4, -0.2) is 114 Å². The molecule has 12 heteroatoms. The van der Waals surface area contributed by atoms with Crippen LogP contribution >= 0.6 is 0 Å². The van der Waals surface area contributed by atoms with Crippen LogP contribution in [0.5, 0.6) is 0 Å². The van der Waals surface area contributed by atoms with Gasteiger partial charge in [0.15, 0.2) is 18.7 Å². The van der Waals surface area contributed by atoms with Crippen molar-refractivity contribution >= 4 is 6.09 Å². The fourth-order valence-corrected chi connectivity index (χ4v) is 6.22. The van der Waals surface area contributed by atoms with Gasteiger partial charge in [-0.05, 0) is 0 Å². The highest BCUT2D eigenvalue weighted by molar-refractivity contribution is 5.69. The van der Waals surface area contributed by atoms with Gasteiger partial charge in [-0.2, -0.15) is 0 Å². The molecule has 5 fully saturated rings. The average molecular weight is 572 g/mol. The Bertz CT molecular complexity index is 1200. The van der Waals surface area contributed by atoms with Crippen molar-refractivity contribution in [3.63, 3.8) is 0 Å². The van der Waals surface area contributed by atoms with Crippen LogP contribution in [0.1, 0.15) is 23.7 Å². The van der Waals surface area contributed by atoms with Crippen LogP contribution < -0.4 is 0 Å². The molecule has 0 unspecified atom stereocenters. The van der Waals surface area contributed by atoms with Gasteiger partial charge in [0.25, 0.3) is 0 Å². The van der Waals surface area contributed by atoms with Gasteiger partial charge in [0, 0.05) is 11.1 Å². The fraction of sp³-hybridized carbons (Fsp3) is 0.552. The summed E-state index contributed by atoms with van der Waals surface area (Å²) in [6.07, 6.45) is -11.0. The summed E-state index contributed by atoms with van der Waals surface area (Å²) in [6, 6.07) is 18.7. The zero-order chi connectivity index (χ0) is 28.1. The molecule has 5 aliphatic heterocycles. The minimum Gasteiger partial charge on any atom is -0.440 e. The zero-order valence-corrected chi connectivity index (χ0v) is 22.1. The largest absolute Gasteiger partial charge is 0.440 e. The standard InChI is InChI=1S/C29H33NO11/c31-21-17(37-19-13-35-27(39-25(19)22(21)32)15-7-3-1-4-8-15)11-30-12-18-24(41-29(30)34)23(33)26-20(38-18)14-36-28(40-26)16-9-5-2-6-10-16/h1-10,17-28,31-33H,11-14H2/t17-,18-,19+,20+,21-,22+,23+,24-,25+,26+,27+,28+/m0/s1. The van der Waals surface area contributed by atoms with Crippen LogP contribution in [0.15, 0.2) is 60.7 Å². The maximum Gasteiger partial charge on any atom is 0.410 e. The van der Waals surface area contributed by atoms with Crippen molar-refractivity contribution in [2.45, 2.75) is 73.6 Å². The molecule has 0 aromatic heterocycles. The molecule has 12 atom stereocenters. The molecule has 7 rings (SSSR count). The summed E-state index contributed by atoms with van der Waals surface area (Å²) in [4.78, 5) is 14.4. The van der Waals surface area contributed by atoms with Crippen LogP contribution in [-0.2, 0) is 33.2 Å². The number of benzene rings is 2. The number of rotatable bonds is 4. The van der Waals surface area contributed by atoms with Crippen LogP contribution in [0.25, 0.3) is 0 Å². The van der Waals surface area contributed by atoms with E-state index in [0.717, 1.165) is 11.1 Å². The lowest BCUT2D eigenvalue weighted by molar-refractivity contribution is -0.336. The maximum atomic E-state index is 13.0. The van der Waals surface area contributed by atoms with E-state index in [9.17, 15) is 20.1 Å². The molecule has 0 bridgehead atoms. The number of hydrogen-bond donors (Lipinski definition) is 3. The summed E-state index contributed by atoms with van der Waals surface area (Å²) in [5, 5.41) is 33.0. The number of ether oxygens (including phenoxy) is 7. The third-order valence-electron chi connectivity index (χ3n) is 8.36. The first-order chi connectivity index (χ1) is 20.0. The molecule has 0 spiro atoms. The second-order valence-corrected chi connectivity index (χ2v) is 11.0. The van der Waals surface area contributed by atoms with Gasteiger partial charge >= 0.3 is 6.09 Å². The Kier molecular flexibility index (Phi) is 7.44. The number of fused-ring (bicyclic) bond motifs is 3. The zero-order valence-electron chi connectivity index (χ0n) is 22.1. The number of nitrogens with zero attached hydrogens (tertiary/aromatic N) is 1. The van der Waals surface area contributed by atoms with Crippen LogP contribution in [0.3, 0.4) is 0 Å². The average Bonchev–Trinajstić information content (AvgIpc) is 3.01. The highest BCUT2D eigenvalue weighted by Gasteiger charge is 2.55. The van der Waals surface area contributed by atoms with Crippen molar-refractivity contribution in [2.24, 2.45) is 0 Å². The van der Waals surface area contributed by atoms with Crippen molar-refractivity contribution in [3.05, 3.63) is 71.8 Å². The molecule has 12 nitrogen and oxygen atoms in total. The smallest absolute Gasteiger partial charge is 0.410 e. The van der Waals surface area contributed by atoms with Crippen molar-refractivity contribution in [2.75, 3.05) is 26.3 Å². The number of carbonyl (C=O) groups excluding carboxylic acids is 1. The number of aliphatic hydroxyl groups is 3. The highest BCUT2D eigenvalue weighted by Crippen LogP contribution is 2.38. The number of carbonyl (C=O) groups is 1. The van der Waals surface area contributed by atoms with Gasteiger partial charge in [0.05, 0.1) is 26.3 Å². The molecule has 5 heterocycles. The van der Waals surface area contributed by atoms with E-state index in [4.69, 9.17) is 33.2 Å². The lowest BCUT2D eigenvalue weighted by Gasteiger charge is -2.51. The van der Waals surface area contributed by atoms with Gasteiger partial charge < -0.3 is 53.4 Å². The summed E-state index contributed by atoms with van der Waals surface area (Å²) >= 11 is 0. The molecule has 5 aliphatic rings. The minimum atomic E-state index is -1.33. The molecule has 0 saturated carbocycles. The van der Waals surface area contributed by atoms with Crippen LogP contribution in [0.4, 0.5) is 4.79 Å². The van der Waals surface area contributed by atoms with E-state index in [-0.39, 0.29) is 26.3 Å². The Morgan fingerprint density at radius 1 is 0.659 bits per heavy atom. The topological polar surface area (TPSA) is 146 Å². The molecular weight excluding hydrogens is 538 g/mol. The van der Waals surface area contributed by atoms with Gasteiger partial charge in [-0.3, -0.25) is 0 Å². The van der Waals surface area contributed by atoms with E-state index >= 15 is 0 Å². The molecule has 5 saturated heterocycles. The van der Waals surface area contributed by atoms with Crippen LogP contribution in [0, 0.1) is 0 Å². The molecule has 220 valence electrons. The molecule has 0 radical (unpaired) electrons. The predicted octanol–water partition coefficient (Wildman–Crippen LogP) is 0.653. The Morgan fingerprint density at radius 2 is 1.22 bits per heavy atom. The SMILES string of the molecule is O=C1O[C@@H]2[C@@H](O)[C@@H]3O[C@H](c4ccccc4)OC[C@H]3O[C@H]2CN1C[C@@H]1O[C@@H]2CO[C@@H](c3ccccc3)O[C@H]2[C@H](O)[C@H]1O. The molecule has 3 N–H and O–H groups in total. The Hall–Kier alpha value is -2.65. The molecule has 1 amide bonds. The summed E-state index contributed by atoms with van der Waals surface area (Å²) < 4.78 is 41.5. The number of amides is 1. The Balaban J connectivity index is 0.983. The van der Waals surface area contributed by atoms with Gasteiger partial charge in [0.1, 0.15) is 54.9 Å². The van der Waals surface area contributed by atoms with Gasteiger partial charge in [-0.25, -0.2) is 4.79 Å². The van der Waals surface area contributed by atoms with E-state index in [1.54, 1.807) is 0 Å². The third kappa shape index (κ3) is 5.13. The second kappa shape index (κ2) is 11.2. The molecule has 0 aliphatic carbocycles. The number of hydrogen-bond acceptors (Lipinski definition) is 11. The molecule has 2 aromatic carbocycles. The van der Waals surface area contributed by atoms with Crippen molar-refractivity contribution < 1.29 is 53.3 Å². The first-order valence-corrected chi connectivity index (χ1v) is 13.9. The van der Waals surface area contributed by atoms with Gasteiger partial charge in [-0.15, -0.1) is 0 Å². The minimum absolute atomic E-state index is 0.0672. The van der Waals surface area contributed by atoms with Crippen molar-refractivity contribution in [3.8, 4) is 0 Å².